The summed E-state index contributed by atoms with van der Waals surface area (Å²) in [7, 11) is 0. The van der Waals surface area contributed by atoms with Crippen molar-refractivity contribution in [2.24, 2.45) is 0 Å². The molecule has 4 heteroatoms. The van der Waals surface area contributed by atoms with Gasteiger partial charge in [-0.15, -0.1) is 0 Å². The molecule has 0 bridgehead atoms. The zero-order valence-electron chi connectivity index (χ0n) is 1.92. The van der Waals surface area contributed by atoms with Crippen molar-refractivity contribution in [3.05, 3.63) is 0 Å². The van der Waals surface area contributed by atoms with Crippen molar-refractivity contribution in [1.82, 2.24) is 6.15 Å². The molecular weight excluding hydrogens is 74.0 g/mol. The van der Waals surface area contributed by atoms with Crippen molar-refractivity contribution < 1.29 is 49.4 Å². The topological polar surface area (TPSA) is 59.0 Å². The summed E-state index contributed by atoms with van der Waals surface area (Å²) in [6, 6.07) is 0. The largest absolute Gasteiger partial charge is 0 e. The van der Waals surface area contributed by atoms with Gasteiger partial charge in [-0.2, -0.15) is 0 Å². The average molecular weight is 74.0 g/mol. The molecule has 0 aromatic heterocycles. The number of rotatable bonds is 0. The third-order valence-corrected chi connectivity index (χ3v) is 0. The van der Waals surface area contributed by atoms with Crippen LogP contribution in [0.5, 0.6) is 0 Å². The number of hydrogen-bond acceptors (Lipinski definition) is 0. The fourth-order valence-corrected chi connectivity index (χ4v) is 0. The van der Waals surface area contributed by atoms with E-state index in [1.54, 1.807) is 0 Å². The Morgan fingerprint density at radius 3 is 1.00 bits per heavy atom. The van der Waals surface area contributed by atoms with Crippen molar-refractivity contribution >= 4 is 0 Å². The summed E-state index contributed by atoms with van der Waals surface area (Å²) < 4.78 is 0. The molecule has 0 spiro atoms. The second kappa shape index (κ2) is 32.9. The summed E-state index contributed by atoms with van der Waals surface area (Å²) in [6.07, 6.45) is 0. The van der Waals surface area contributed by atoms with E-state index in [0.717, 1.165) is 0 Å². The van der Waals surface area contributed by atoms with Crippen LogP contribution in [-0.4, -0.2) is 0 Å². The average Bonchev–Trinajstić information content (AvgIpc) is 0. The Morgan fingerprint density at radius 2 is 1.00 bits per heavy atom. The van der Waals surface area contributed by atoms with E-state index in [0.29, 0.717) is 0 Å². The van der Waals surface area contributed by atoms with Crippen LogP contribution < -0.4 is 6.15 Å². The van der Waals surface area contributed by atoms with Gasteiger partial charge in [0, 0.05) is 55.5 Å². The molecular formula is ArHeNO. The molecule has 0 saturated heterocycles. The first kappa shape index (κ1) is 71.8. The predicted molar refractivity (Wildman–Crippen MR) is 2.82 cm³/mol. The van der Waals surface area contributed by atoms with E-state index in [9.17, 15) is 0 Å². The molecule has 0 fully saturated rings. The van der Waals surface area contributed by atoms with Crippen LogP contribution in [0.25, 0.3) is 0 Å². The van der Waals surface area contributed by atoms with Gasteiger partial charge in [0.25, 0.3) is 0 Å². The first-order valence-corrected chi connectivity index (χ1v) is 0. The van der Waals surface area contributed by atoms with E-state index in [1.807, 2.05) is 0 Å². The Balaban J connectivity index is 0. The maximum absolute atomic E-state index is 0. The first-order chi connectivity index (χ1) is 0. The molecule has 5 radical (unpaired) electrons. The normalized spacial score (nSPS) is 0. The Kier molecular flexibility index (Phi) is 590. The van der Waals surface area contributed by atoms with Gasteiger partial charge in [0.05, 0.1) is 0 Å². The minimum Gasteiger partial charge on any atom is 0 e. The van der Waals surface area contributed by atoms with Crippen LogP contribution in [-0.2, 0) is 5.48 Å². The maximum atomic E-state index is 0. The second-order valence-corrected chi connectivity index (χ2v) is 0. The maximum Gasteiger partial charge on any atom is 0 e. The van der Waals surface area contributed by atoms with Crippen LogP contribution in [0, 0.1) is 43.9 Å². The monoisotopic (exact) mass is 74.0 g/mol. The molecule has 0 atom stereocenters. The van der Waals surface area contributed by atoms with Crippen LogP contribution >= 0.6 is 0 Å². The molecule has 0 unspecified atom stereocenters. The molecule has 0 amide bonds. The van der Waals surface area contributed by atoms with Crippen molar-refractivity contribution in [2.75, 3.05) is 0 Å². The molecule has 0 aliphatic rings. The van der Waals surface area contributed by atoms with Crippen LogP contribution in [0.4, 0.5) is 0 Å². The molecule has 0 rings (SSSR count). The van der Waals surface area contributed by atoms with Gasteiger partial charge >= 0.3 is 0 Å². The standard InChI is InChI=1S/Ar.He.N.O. The first-order valence-electron chi connectivity index (χ1n) is 0. The summed E-state index contributed by atoms with van der Waals surface area (Å²) in [5.41, 5.74) is 0. The number of hydrogen-bond donors (Lipinski definition) is 0. The molecule has 0 N–H and O–H groups in total. The fourth-order valence-electron chi connectivity index (χ4n) is 0. The zero-order valence-corrected chi connectivity index (χ0v) is 2.62. The van der Waals surface area contributed by atoms with Gasteiger partial charge in [-0.05, 0) is 0 Å². The van der Waals surface area contributed by atoms with Crippen LogP contribution in [0.15, 0.2) is 0 Å². The Labute approximate surface area is 55.2 Å². The summed E-state index contributed by atoms with van der Waals surface area (Å²) >= 11 is 0. The fraction of sp³-hybridized carbons (Fsp3) is 0. The van der Waals surface area contributed by atoms with Gasteiger partial charge in [-0.3, -0.25) is 0 Å². The van der Waals surface area contributed by atoms with E-state index in [4.69, 9.17) is 0 Å². The molecule has 0 aromatic carbocycles. The van der Waals surface area contributed by atoms with Crippen LogP contribution in [0.1, 0.15) is 0 Å². The molecule has 21 valence electrons. The van der Waals surface area contributed by atoms with E-state index >= 15 is 0 Å². The minimum atomic E-state index is 0. The Morgan fingerprint density at radius 1 is 1.00 bits per heavy atom. The zero-order chi connectivity index (χ0) is 0. The third kappa shape index (κ3) is 11.4. The second-order valence-electron chi connectivity index (χ2n) is 0. The third-order valence-electron chi connectivity index (χ3n) is 0. The van der Waals surface area contributed by atoms with E-state index < -0.39 is 0 Å². The quantitative estimate of drug-likeness (QED) is 0.368. The van der Waals surface area contributed by atoms with Crippen molar-refractivity contribution in [2.45, 2.75) is 0 Å². The SMILES string of the molecule is [Ar].[He].[N].[O]. The molecule has 0 heterocycles. The molecule has 0 aliphatic carbocycles. The van der Waals surface area contributed by atoms with E-state index in [2.05, 4.69) is 0 Å². The van der Waals surface area contributed by atoms with Crippen molar-refractivity contribution in [1.29, 1.82) is 0 Å². The molecule has 0 saturated carbocycles. The van der Waals surface area contributed by atoms with Crippen LogP contribution in [0.2, 0.25) is 0 Å². The van der Waals surface area contributed by atoms with Crippen molar-refractivity contribution in [3.8, 4) is 0 Å². The van der Waals surface area contributed by atoms with Gasteiger partial charge < -0.3 is 0 Å². The summed E-state index contributed by atoms with van der Waals surface area (Å²) in [4.78, 5) is 0. The van der Waals surface area contributed by atoms with E-state index in [-0.39, 0.29) is 55.5 Å². The van der Waals surface area contributed by atoms with Crippen molar-refractivity contribution in [3.63, 3.8) is 0 Å². The predicted octanol–water partition coefficient (Wildman–Crippen LogP) is -0.599. The minimum absolute atomic E-state index is 0. The summed E-state index contributed by atoms with van der Waals surface area (Å²) in [6.45, 7) is 0. The van der Waals surface area contributed by atoms with Gasteiger partial charge in [0.15, 0.2) is 0 Å². The smallest absolute Gasteiger partial charge is 0 e. The van der Waals surface area contributed by atoms with Gasteiger partial charge in [0.1, 0.15) is 0 Å². The van der Waals surface area contributed by atoms with Gasteiger partial charge in [-0.25, -0.2) is 0 Å². The summed E-state index contributed by atoms with van der Waals surface area (Å²) in [5.74, 6) is 0. The molecule has 4 heavy (non-hydrogen) atoms. The number of nitrogens with zero attached hydrogens (tertiary/aromatic N) is 1. The Bertz CT molecular complexity index is 8.00. The van der Waals surface area contributed by atoms with Gasteiger partial charge in [0.2, 0.25) is 0 Å². The van der Waals surface area contributed by atoms with Crippen LogP contribution in [0.3, 0.4) is 0 Å². The molecule has 0 aliphatic heterocycles. The van der Waals surface area contributed by atoms with E-state index in [1.165, 1.54) is 0 Å². The summed E-state index contributed by atoms with van der Waals surface area (Å²) in [5, 5.41) is 0. The Hall–Kier alpha value is 1.09. The van der Waals surface area contributed by atoms with Gasteiger partial charge in [-0.1, -0.05) is 0 Å². The molecule has 0 aromatic rings. The molecule has 2 nitrogen and oxygen atoms in total.